The van der Waals surface area contributed by atoms with Crippen molar-refractivity contribution >= 4 is 11.8 Å². The standard InChI is InChI=1S/C28H47N3O3/c1-17-13-20(29-15-17)16-30-26(33)34-31-18(2)23-7-8-24-22-6-5-19-14-21(32)9-11-27(19,3)25(22)10-12-28(23,24)4/h17,19-25,29,32H,5-16H2,1-4H3,(H,30,33)/b31-18+/t17?,19-,20?,21-,22+,23-,24+,25+,27+,28-/m1/s1. The number of nitrogens with one attached hydrogen (secondary N) is 2. The van der Waals surface area contributed by atoms with E-state index in [2.05, 4.69) is 43.5 Å². The van der Waals surface area contributed by atoms with Gasteiger partial charge in [0.25, 0.3) is 0 Å². The van der Waals surface area contributed by atoms with E-state index >= 15 is 0 Å². The molecular formula is C28H47N3O3. The van der Waals surface area contributed by atoms with Gasteiger partial charge in [-0.1, -0.05) is 25.9 Å². The first-order valence-corrected chi connectivity index (χ1v) is 14.1. The van der Waals surface area contributed by atoms with E-state index in [1.165, 1.54) is 38.5 Å². The van der Waals surface area contributed by atoms with E-state index in [1.54, 1.807) is 0 Å². The van der Waals surface area contributed by atoms with Crippen LogP contribution in [0.5, 0.6) is 0 Å². The Hall–Kier alpha value is -1.14. The summed E-state index contributed by atoms with van der Waals surface area (Å²) in [6, 6.07) is 0.335. The van der Waals surface area contributed by atoms with Crippen molar-refractivity contribution in [1.82, 2.24) is 10.6 Å². The lowest BCUT2D eigenvalue weighted by Crippen LogP contribution is -2.54. The van der Waals surface area contributed by atoms with Crippen LogP contribution in [0.15, 0.2) is 5.16 Å². The van der Waals surface area contributed by atoms with Crippen molar-refractivity contribution in [3.05, 3.63) is 0 Å². The predicted octanol–water partition coefficient (Wildman–Crippen LogP) is 5.11. The Bertz CT molecular complexity index is 802. The number of carbonyl (C=O) groups is 1. The second kappa shape index (κ2) is 9.38. The number of fused-ring (bicyclic) bond motifs is 5. The van der Waals surface area contributed by atoms with Crippen molar-refractivity contribution in [1.29, 1.82) is 0 Å². The molecule has 0 bridgehead atoms. The van der Waals surface area contributed by atoms with Gasteiger partial charge in [0.1, 0.15) is 0 Å². The third-order valence-corrected chi connectivity index (χ3v) is 11.3. The van der Waals surface area contributed by atoms with Gasteiger partial charge in [-0.2, -0.15) is 0 Å². The first-order chi connectivity index (χ1) is 16.2. The van der Waals surface area contributed by atoms with E-state index in [1.807, 2.05) is 0 Å². The first-order valence-electron chi connectivity index (χ1n) is 14.1. The SMILES string of the molecule is C/C(=N\OC(=O)NCC1CC(C)CN1)[C@H]1CC[C@H]2[C@@H]3CC[C@@H]4C[C@H](O)CC[C@]4(C)[C@H]3CC[C@]12C. The van der Waals surface area contributed by atoms with Gasteiger partial charge in [-0.3, -0.25) is 4.84 Å². The molecule has 6 nitrogen and oxygen atoms in total. The van der Waals surface area contributed by atoms with Gasteiger partial charge in [0.15, 0.2) is 0 Å². The Balaban J connectivity index is 1.20. The number of aliphatic hydroxyl groups excluding tert-OH is 1. The predicted molar refractivity (Wildman–Crippen MR) is 134 cm³/mol. The molecule has 5 fully saturated rings. The van der Waals surface area contributed by atoms with E-state index in [-0.39, 0.29) is 11.5 Å². The van der Waals surface area contributed by atoms with Gasteiger partial charge in [-0.15, -0.1) is 0 Å². The quantitative estimate of drug-likeness (QED) is 0.301. The number of carbonyl (C=O) groups excluding carboxylic acids is 1. The monoisotopic (exact) mass is 473 g/mol. The fourth-order valence-electron chi connectivity index (χ4n) is 9.51. The molecule has 10 atom stereocenters. The molecule has 34 heavy (non-hydrogen) atoms. The van der Waals surface area contributed by atoms with Gasteiger partial charge in [0.05, 0.1) is 11.8 Å². The summed E-state index contributed by atoms with van der Waals surface area (Å²) in [6.45, 7) is 11.0. The van der Waals surface area contributed by atoms with Gasteiger partial charge < -0.3 is 15.7 Å². The zero-order chi connectivity index (χ0) is 24.1. The number of rotatable bonds is 4. The maximum atomic E-state index is 12.3. The van der Waals surface area contributed by atoms with Crippen molar-refractivity contribution in [2.75, 3.05) is 13.1 Å². The molecular weight excluding hydrogens is 426 g/mol. The van der Waals surface area contributed by atoms with Gasteiger partial charge in [0, 0.05) is 18.5 Å². The second-order valence-corrected chi connectivity index (χ2v) is 13.2. The van der Waals surface area contributed by atoms with Crippen molar-refractivity contribution in [2.24, 2.45) is 51.5 Å². The molecule has 5 aliphatic rings. The topological polar surface area (TPSA) is 83.0 Å². The molecule has 3 N–H and O–H groups in total. The van der Waals surface area contributed by atoms with Crippen LogP contribution in [-0.4, -0.2) is 42.1 Å². The molecule has 4 aliphatic carbocycles. The average molecular weight is 474 g/mol. The minimum atomic E-state index is -0.435. The molecule has 0 aromatic rings. The third-order valence-electron chi connectivity index (χ3n) is 11.3. The number of aliphatic hydroxyl groups is 1. The van der Waals surface area contributed by atoms with Crippen LogP contribution in [0.3, 0.4) is 0 Å². The van der Waals surface area contributed by atoms with Crippen LogP contribution in [0.4, 0.5) is 4.79 Å². The average Bonchev–Trinajstić information content (AvgIpc) is 3.39. The van der Waals surface area contributed by atoms with E-state index in [9.17, 15) is 9.90 Å². The van der Waals surface area contributed by atoms with Crippen molar-refractivity contribution < 1.29 is 14.7 Å². The van der Waals surface area contributed by atoms with Gasteiger partial charge in [-0.05, 0) is 118 Å². The molecule has 5 rings (SSSR count). The summed E-state index contributed by atoms with van der Waals surface area (Å²) in [5.74, 6) is 4.13. The summed E-state index contributed by atoms with van der Waals surface area (Å²) in [5, 5.41) is 20.9. The molecule has 1 heterocycles. The molecule has 1 saturated heterocycles. The smallest absolute Gasteiger partial charge is 0.393 e. The van der Waals surface area contributed by atoms with E-state index in [0.29, 0.717) is 35.8 Å². The minimum Gasteiger partial charge on any atom is -0.393 e. The highest BCUT2D eigenvalue weighted by Crippen LogP contribution is 2.67. The molecule has 2 unspecified atom stereocenters. The molecule has 6 heteroatoms. The lowest BCUT2D eigenvalue weighted by atomic mass is 9.44. The Labute approximate surface area is 206 Å². The van der Waals surface area contributed by atoms with Gasteiger partial charge in [0.2, 0.25) is 0 Å². The number of oxime groups is 1. The van der Waals surface area contributed by atoms with Crippen molar-refractivity contribution in [3.8, 4) is 0 Å². The largest absolute Gasteiger partial charge is 0.433 e. The number of hydrogen-bond acceptors (Lipinski definition) is 5. The molecule has 1 amide bonds. The molecule has 192 valence electrons. The lowest BCUT2D eigenvalue weighted by Gasteiger charge is -2.61. The summed E-state index contributed by atoms with van der Waals surface area (Å²) >= 11 is 0. The highest BCUT2D eigenvalue weighted by molar-refractivity contribution is 5.85. The Morgan fingerprint density at radius 1 is 1.06 bits per heavy atom. The Morgan fingerprint density at radius 3 is 2.59 bits per heavy atom. The molecule has 1 aliphatic heterocycles. The summed E-state index contributed by atoms with van der Waals surface area (Å²) in [6.07, 6.45) is 11.4. The third kappa shape index (κ3) is 4.31. The number of hydrogen-bond donors (Lipinski definition) is 3. The van der Waals surface area contributed by atoms with Crippen LogP contribution in [0.2, 0.25) is 0 Å². The molecule has 0 aromatic carbocycles. The molecule has 0 spiro atoms. The zero-order valence-corrected chi connectivity index (χ0v) is 21.8. The van der Waals surface area contributed by atoms with Crippen molar-refractivity contribution in [2.45, 2.75) is 104 Å². The van der Waals surface area contributed by atoms with Crippen LogP contribution >= 0.6 is 0 Å². The second-order valence-electron chi connectivity index (χ2n) is 13.2. The summed E-state index contributed by atoms with van der Waals surface area (Å²) in [5.41, 5.74) is 1.67. The van der Waals surface area contributed by atoms with Crippen LogP contribution in [0.25, 0.3) is 0 Å². The van der Waals surface area contributed by atoms with Crippen LogP contribution in [0.1, 0.15) is 91.9 Å². The van der Waals surface area contributed by atoms with Crippen LogP contribution in [0, 0.1) is 46.3 Å². The van der Waals surface area contributed by atoms with E-state index in [0.717, 1.165) is 55.7 Å². The van der Waals surface area contributed by atoms with E-state index in [4.69, 9.17) is 4.84 Å². The number of amides is 1. The Morgan fingerprint density at radius 2 is 1.82 bits per heavy atom. The Kier molecular flexibility index (Phi) is 6.78. The fraction of sp³-hybridized carbons (Fsp3) is 0.929. The molecule has 4 saturated carbocycles. The lowest BCUT2D eigenvalue weighted by molar-refractivity contribution is -0.123. The minimum absolute atomic E-state index is 0.0756. The molecule has 0 radical (unpaired) electrons. The zero-order valence-electron chi connectivity index (χ0n) is 21.8. The normalized spacial score (nSPS) is 48.6. The van der Waals surface area contributed by atoms with Gasteiger partial charge in [-0.25, -0.2) is 4.79 Å². The van der Waals surface area contributed by atoms with Crippen LogP contribution in [-0.2, 0) is 4.84 Å². The van der Waals surface area contributed by atoms with Gasteiger partial charge >= 0.3 is 6.09 Å². The van der Waals surface area contributed by atoms with Crippen molar-refractivity contribution in [3.63, 3.8) is 0 Å². The summed E-state index contributed by atoms with van der Waals surface area (Å²) in [7, 11) is 0. The van der Waals surface area contributed by atoms with E-state index < -0.39 is 6.09 Å². The summed E-state index contributed by atoms with van der Waals surface area (Å²) < 4.78 is 0. The maximum Gasteiger partial charge on any atom is 0.433 e. The number of nitrogens with zero attached hydrogens (tertiary/aromatic N) is 1. The maximum absolute atomic E-state index is 12.3. The highest BCUT2D eigenvalue weighted by atomic mass is 16.7. The summed E-state index contributed by atoms with van der Waals surface area (Å²) in [4.78, 5) is 17.6. The molecule has 0 aromatic heterocycles. The first kappa shape index (κ1) is 24.5. The highest BCUT2D eigenvalue weighted by Gasteiger charge is 2.60. The van der Waals surface area contributed by atoms with Crippen LogP contribution < -0.4 is 10.6 Å². The fourth-order valence-corrected chi connectivity index (χ4v) is 9.51.